The monoisotopic (exact) mass is 454 g/mol. The van der Waals surface area contributed by atoms with E-state index in [4.69, 9.17) is 23.2 Å². The molecule has 3 aromatic rings. The number of nitrogens with zero attached hydrogens (tertiary/aromatic N) is 2. The first-order valence-corrected chi connectivity index (χ1v) is 10.9. The number of aryl methyl sites for hydroxylation is 1. The van der Waals surface area contributed by atoms with E-state index >= 15 is 0 Å². The Balaban J connectivity index is 1.67. The van der Waals surface area contributed by atoms with E-state index in [0.717, 1.165) is 29.2 Å². The van der Waals surface area contributed by atoms with Gasteiger partial charge in [-0.15, -0.1) is 0 Å². The fraction of sp³-hybridized carbons (Fsp3) is 0.250. The van der Waals surface area contributed by atoms with Gasteiger partial charge in [-0.3, -0.25) is 4.79 Å². The normalized spacial score (nSPS) is 16.5. The molecule has 0 saturated carbocycles. The molecular formula is C24H24Cl2N4O. The van der Waals surface area contributed by atoms with Crippen molar-refractivity contribution in [1.82, 2.24) is 15.1 Å². The van der Waals surface area contributed by atoms with Crippen LogP contribution in [0.4, 0.5) is 5.82 Å². The number of hydrogen-bond donors (Lipinski definition) is 2. The van der Waals surface area contributed by atoms with Crippen LogP contribution in [0, 0.1) is 6.92 Å². The van der Waals surface area contributed by atoms with Crippen LogP contribution in [-0.4, -0.2) is 21.7 Å². The van der Waals surface area contributed by atoms with Gasteiger partial charge in [-0.2, -0.15) is 5.10 Å². The predicted octanol–water partition coefficient (Wildman–Crippen LogP) is 5.53. The first-order valence-electron chi connectivity index (χ1n) is 10.2. The molecule has 1 aliphatic rings. The average molecular weight is 455 g/mol. The summed E-state index contributed by atoms with van der Waals surface area (Å²) in [6.45, 7) is 5.84. The third kappa shape index (κ3) is 4.48. The quantitative estimate of drug-likeness (QED) is 0.532. The SMILES string of the molecule is CC1=C(C(=O)N[C@@H](C)Cc2ccccc2)C(c2ccc(Cl)c(Cl)c2)n2nc(C)cc2N1. The Morgan fingerprint density at radius 2 is 1.87 bits per heavy atom. The zero-order valence-corrected chi connectivity index (χ0v) is 19.1. The lowest BCUT2D eigenvalue weighted by Gasteiger charge is -2.30. The zero-order chi connectivity index (χ0) is 22.1. The van der Waals surface area contributed by atoms with E-state index in [1.165, 1.54) is 5.56 Å². The summed E-state index contributed by atoms with van der Waals surface area (Å²) >= 11 is 12.4. The minimum Gasteiger partial charge on any atom is -0.349 e. The molecule has 2 atom stereocenters. The minimum atomic E-state index is -0.413. The molecule has 0 radical (unpaired) electrons. The highest BCUT2D eigenvalue weighted by molar-refractivity contribution is 6.42. The minimum absolute atomic E-state index is 0.0367. The molecule has 5 nitrogen and oxygen atoms in total. The van der Waals surface area contributed by atoms with Crippen LogP contribution >= 0.6 is 23.2 Å². The number of rotatable bonds is 5. The van der Waals surface area contributed by atoms with Crippen molar-refractivity contribution in [3.63, 3.8) is 0 Å². The smallest absolute Gasteiger partial charge is 0.251 e. The molecule has 2 N–H and O–H groups in total. The molecule has 0 fully saturated rings. The Bertz CT molecular complexity index is 1150. The molecule has 7 heteroatoms. The number of nitrogens with one attached hydrogen (secondary N) is 2. The van der Waals surface area contributed by atoms with Crippen LogP contribution in [0.25, 0.3) is 0 Å². The van der Waals surface area contributed by atoms with E-state index in [2.05, 4.69) is 27.9 Å². The maximum Gasteiger partial charge on any atom is 0.251 e. The van der Waals surface area contributed by atoms with Crippen LogP contribution in [0.15, 0.2) is 65.9 Å². The van der Waals surface area contributed by atoms with Crippen LogP contribution < -0.4 is 10.6 Å². The van der Waals surface area contributed by atoms with E-state index in [-0.39, 0.29) is 11.9 Å². The second-order valence-electron chi connectivity index (χ2n) is 7.92. The highest BCUT2D eigenvalue weighted by Crippen LogP contribution is 2.38. The Labute approximate surface area is 192 Å². The summed E-state index contributed by atoms with van der Waals surface area (Å²) in [7, 11) is 0. The third-order valence-corrected chi connectivity index (χ3v) is 6.10. The van der Waals surface area contributed by atoms with Crippen molar-refractivity contribution in [1.29, 1.82) is 0 Å². The molecule has 1 aliphatic heterocycles. The molecule has 1 unspecified atom stereocenters. The highest BCUT2D eigenvalue weighted by atomic mass is 35.5. The van der Waals surface area contributed by atoms with Crippen molar-refractivity contribution in [3.05, 3.63) is 92.7 Å². The number of anilines is 1. The van der Waals surface area contributed by atoms with Crippen LogP contribution in [0.2, 0.25) is 10.0 Å². The maximum absolute atomic E-state index is 13.5. The van der Waals surface area contributed by atoms with Crippen molar-refractivity contribution >= 4 is 34.9 Å². The number of benzene rings is 2. The molecule has 2 aromatic carbocycles. The average Bonchev–Trinajstić information content (AvgIpc) is 3.09. The van der Waals surface area contributed by atoms with Crippen LogP contribution in [0.3, 0.4) is 0 Å². The van der Waals surface area contributed by atoms with Crippen LogP contribution in [0.1, 0.15) is 36.7 Å². The van der Waals surface area contributed by atoms with E-state index in [1.807, 2.05) is 55.8 Å². The maximum atomic E-state index is 13.5. The molecule has 160 valence electrons. The standard InChI is InChI=1S/C24H24Cl2N4O/c1-14(11-17-7-5-4-6-8-17)27-24(31)22-16(3)28-21-12-15(2)29-30(21)23(22)18-9-10-19(25)20(26)13-18/h4-10,12-14,23,28H,11H2,1-3H3,(H,27,31)/t14-,23?/m0/s1. The summed E-state index contributed by atoms with van der Waals surface area (Å²) in [5, 5.41) is 12.0. The van der Waals surface area contributed by atoms with Gasteiger partial charge in [0.05, 0.1) is 21.3 Å². The summed E-state index contributed by atoms with van der Waals surface area (Å²) < 4.78 is 1.83. The van der Waals surface area contributed by atoms with Gasteiger partial charge in [0.1, 0.15) is 11.9 Å². The largest absolute Gasteiger partial charge is 0.349 e. The van der Waals surface area contributed by atoms with Crippen molar-refractivity contribution in [2.24, 2.45) is 0 Å². The summed E-state index contributed by atoms with van der Waals surface area (Å²) in [4.78, 5) is 13.5. The number of allylic oxidation sites excluding steroid dienone is 1. The number of carbonyl (C=O) groups is 1. The molecular weight excluding hydrogens is 431 g/mol. The molecule has 0 saturated heterocycles. The van der Waals surface area contributed by atoms with E-state index in [1.54, 1.807) is 12.1 Å². The molecule has 31 heavy (non-hydrogen) atoms. The first kappa shape index (κ1) is 21.5. The Kier molecular flexibility index (Phi) is 6.08. The predicted molar refractivity (Wildman–Crippen MR) is 126 cm³/mol. The van der Waals surface area contributed by atoms with Crippen molar-refractivity contribution in [2.45, 2.75) is 39.3 Å². The zero-order valence-electron chi connectivity index (χ0n) is 17.6. The van der Waals surface area contributed by atoms with Crippen LogP contribution in [0.5, 0.6) is 0 Å². The number of fused-ring (bicyclic) bond motifs is 1. The number of aromatic nitrogens is 2. The molecule has 0 bridgehead atoms. The van der Waals surface area contributed by atoms with Crippen molar-refractivity contribution in [3.8, 4) is 0 Å². The molecule has 4 rings (SSSR count). The summed E-state index contributed by atoms with van der Waals surface area (Å²) in [6, 6.07) is 17.1. The topological polar surface area (TPSA) is 59.0 Å². The Morgan fingerprint density at radius 3 is 2.58 bits per heavy atom. The number of hydrogen-bond acceptors (Lipinski definition) is 3. The molecule has 1 aromatic heterocycles. The van der Waals surface area contributed by atoms with Gasteiger partial charge in [0.2, 0.25) is 0 Å². The molecule has 0 spiro atoms. The molecule has 1 amide bonds. The van der Waals surface area contributed by atoms with Gasteiger partial charge in [0.15, 0.2) is 0 Å². The second kappa shape index (κ2) is 8.77. The lowest BCUT2D eigenvalue weighted by molar-refractivity contribution is -0.118. The molecule has 0 aliphatic carbocycles. The number of carbonyl (C=O) groups excluding carboxylic acids is 1. The lowest BCUT2D eigenvalue weighted by atomic mass is 9.94. The van der Waals surface area contributed by atoms with Crippen molar-refractivity contribution in [2.75, 3.05) is 5.32 Å². The number of amides is 1. The van der Waals surface area contributed by atoms with Crippen LogP contribution in [-0.2, 0) is 11.2 Å². The van der Waals surface area contributed by atoms with Gasteiger partial charge in [-0.25, -0.2) is 4.68 Å². The van der Waals surface area contributed by atoms with Gasteiger partial charge < -0.3 is 10.6 Å². The summed E-state index contributed by atoms with van der Waals surface area (Å²) in [5.41, 5.74) is 4.27. The fourth-order valence-corrected chi connectivity index (χ4v) is 4.31. The Hall–Kier alpha value is -2.76. The van der Waals surface area contributed by atoms with E-state index in [0.29, 0.717) is 15.6 Å². The Morgan fingerprint density at radius 1 is 1.13 bits per heavy atom. The second-order valence-corrected chi connectivity index (χ2v) is 8.73. The third-order valence-electron chi connectivity index (χ3n) is 5.36. The van der Waals surface area contributed by atoms with E-state index < -0.39 is 6.04 Å². The first-order chi connectivity index (χ1) is 14.8. The number of halogens is 2. The van der Waals surface area contributed by atoms with Gasteiger partial charge in [0.25, 0.3) is 5.91 Å². The summed E-state index contributed by atoms with van der Waals surface area (Å²) in [6.07, 6.45) is 0.746. The lowest BCUT2D eigenvalue weighted by Crippen LogP contribution is -2.39. The molecule has 2 heterocycles. The summed E-state index contributed by atoms with van der Waals surface area (Å²) in [5.74, 6) is 0.697. The van der Waals surface area contributed by atoms with Gasteiger partial charge in [-0.05, 0) is 50.5 Å². The van der Waals surface area contributed by atoms with Gasteiger partial charge in [-0.1, -0.05) is 59.6 Å². The van der Waals surface area contributed by atoms with Gasteiger partial charge >= 0.3 is 0 Å². The van der Waals surface area contributed by atoms with Gasteiger partial charge in [0, 0.05) is 17.8 Å². The van der Waals surface area contributed by atoms with E-state index in [9.17, 15) is 4.79 Å². The highest BCUT2D eigenvalue weighted by Gasteiger charge is 2.33. The van der Waals surface area contributed by atoms with Crippen molar-refractivity contribution < 1.29 is 4.79 Å². The fourth-order valence-electron chi connectivity index (χ4n) is 4.00.